The average molecular weight is 428 g/mol. The summed E-state index contributed by atoms with van der Waals surface area (Å²) in [5, 5.41) is 10.3. The minimum absolute atomic E-state index is 0.110. The zero-order valence-electron chi connectivity index (χ0n) is 16.4. The van der Waals surface area contributed by atoms with Gasteiger partial charge in [0.25, 0.3) is 5.91 Å². The lowest BCUT2D eigenvalue weighted by molar-refractivity contribution is -0.184. The van der Waals surface area contributed by atoms with Crippen molar-refractivity contribution in [3.05, 3.63) is 88.7 Å². The Morgan fingerprint density at radius 2 is 1.52 bits per heavy atom. The summed E-state index contributed by atoms with van der Waals surface area (Å²) in [7, 11) is 0. The van der Waals surface area contributed by atoms with E-state index in [1.165, 1.54) is 12.1 Å². The highest BCUT2D eigenvalue weighted by Crippen LogP contribution is 2.32. The minimum Gasteiger partial charge on any atom is -0.380 e. The van der Waals surface area contributed by atoms with E-state index in [0.29, 0.717) is 24.3 Å². The second-order valence-electron chi connectivity index (χ2n) is 8.02. The van der Waals surface area contributed by atoms with Crippen LogP contribution >= 0.6 is 0 Å². The number of carbonyl (C=O) groups is 1. The SMILES string of the molecule is O=C(c1ccc(C2(O)COC2)cc1)N1Cc2cn(-c3ccc(C(F)(F)F)cc3)cc2C1. The van der Waals surface area contributed by atoms with Crippen LogP contribution in [0.15, 0.2) is 60.9 Å². The molecule has 0 aliphatic carbocycles. The van der Waals surface area contributed by atoms with Crippen molar-refractivity contribution in [3.63, 3.8) is 0 Å². The number of amides is 1. The standard InChI is InChI=1S/C23H19F3N2O3/c24-23(25,26)19-5-7-20(8-6-19)27-9-16-11-28(12-17(16)10-27)21(29)15-1-3-18(4-2-15)22(30)13-31-14-22/h1-10,30H,11-14H2. The summed E-state index contributed by atoms with van der Waals surface area (Å²) in [6.07, 6.45) is -0.666. The van der Waals surface area contributed by atoms with E-state index in [0.717, 1.165) is 28.8 Å². The molecule has 2 aliphatic heterocycles. The molecule has 5 nitrogen and oxygen atoms in total. The largest absolute Gasteiger partial charge is 0.416 e. The normalized spacial score (nSPS) is 17.4. The van der Waals surface area contributed by atoms with Crippen LogP contribution in [0.5, 0.6) is 0 Å². The number of aromatic nitrogens is 1. The van der Waals surface area contributed by atoms with Gasteiger partial charge in [-0.2, -0.15) is 13.2 Å². The van der Waals surface area contributed by atoms with E-state index in [9.17, 15) is 23.1 Å². The smallest absolute Gasteiger partial charge is 0.380 e. The maximum absolute atomic E-state index is 12.9. The van der Waals surface area contributed by atoms with Crippen molar-refractivity contribution >= 4 is 5.91 Å². The average Bonchev–Trinajstić information content (AvgIpc) is 3.30. The first kappa shape index (κ1) is 19.8. The van der Waals surface area contributed by atoms with Gasteiger partial charge in [0.15, 0.2) is 0 Å². The molecule has 0 unspecified atom stereocenters. The predicted molar refractivity (Wildman–Crippen MR) is 106 cm³/mol. The molecule has 3 aromatic rings. The van der Waals surface area contributed by atoms with Crippen LogP contribution < -0.4 is 0 Å². The van der Waals surface area contributed by atoms with Gasteiger partial charge in [0, 0.05) is 36.7 Å². The molecule has 2 aromatic carbocycles. The number of alkyl halides is 3. The first-order valence-corrected chi connectivity index (χ1v) is 9.80. The summed E-state index contributed by atoms with van der Waals surface area (Å²) in [5.41, 5.74) is 2.17. The van der Waals surface area contributed by atoms with Crippen LogP contribution in [0, 0.1) is 0 Å². The number of nitrogens with zero attached hydrogens (tertiary/aromatic N) is 2. The molecule has 1 N–H and O–H groups in total. The summed E-state index contributed by atoms with van der Waals surface area (Å²) < 4.78 is 45.1. The molecule has 3 heterocycles. The number of ether oxygens (including phenoxy) is 1. The Bertz CT molecular complexity index is 1110. The second kappa shape index (κ2) is 6.96. The van der Waals surface area contributed by atoms with Crippen molar-refractivity contribution in [1.29, 1.82) is 0 Å². The summed E-state index contributed by atoms with van der Waals surface area (Å²) in [5.74, 6) is -0.110. The number of hydrogen-bond donors (Lipinski definition) is 1. The molecule has 1 saturated heterocycles. The first-order valence-electron chi connectivity index (χ1n) is 9.80. The van der Waals surface area contributed by atoms with Gasteiger partial charge in [-0.25, -0.2) is 0 Å². The Labute approximate surface area is 176 Å². The van der Waals surface area contributed by atoms with E-state index in [4.69, 9.17) is 4.74 Å². The third-order valence-corrected chi connectivity index (χ3v) is 5.86. The number of carbonyl (C=O) groups excluding carboxylic acids is 1. The molecule has 160 valence electrons. The van der Waals surface area contributed by atoms with Gasteiger partial charge in [0.1, 0.15) is 5.60 Å². The van der Waals surface area contributed by atoms with Crippen molar-refractivity contribution in [1.82, 2.24) is 9.47 Å². The Morgan fingerprint density at radius 1 is 0.935 bits per heavy atom. The van der Waals surface area contributed by atoms with Gasteiger partial charge in [-0.1, -0.05) is 12.1 Å². The Morgan fingerprint density at radius 3 is 2.00 bits per heavy atom. The van der Waals surface area contributed by atoms with E-state index in [1.807, 2.05) is 12.4 Å². The lowest BCUT2D eigenvalue weighted by Gasteiger charge is -2.36. The highest BCUT2D eigenvalue weighted by molar-refractivity contribution is 5.94. The summed E-state index contributed by atoms with van der Waals surface area (Å²) in [4.78, 5) is 14.6. The van der Waals surface area contributed by atoms with Gasteiger partial charge >= 0.3 is 6.18 Å². The van der Waals surface area contributed by atoms with E-state index >= 15 is 0 Å². The quantitative estimate of drug-likeness (QED) is 0.689. The van der Waals surface area contributed by atoms with Crippen molar-refractivity contribution in [2.75, 3.05) is 13.2 Å². The van der Waals surface area contributed by atoms with Crippen LogP contribution in [0.4, 0.5) is 13.2 Å². The molecule has 2 aliphatic rings. The second-order valence-corrected chi connectivity index (χ2v) is 8.02. The minimum atomic E-state index is -4.36. The highest BCUT2D eigenvalue weighted by atomic mass is 19.4. The molecule has 1 aromatic heterocycles. The number of aliphatic hydroxyl groups is 1. The van der Waals surface area contributed by atoms with Crippen molar-refractivity contribution in [3.8, 4) is 5.69 Å². The molecule has 0 saturated carbocycles. The van der Waals surface area contributed by atoms with E-state index in [1.54, 1.807) is 33.7 Å². The van der Waals surface area contributed by atoms with Crippen molar-refractivity contribution in [2.45, 2.75) is 24.9 Å². The maximum atomic E-state index is 12.9. The number of hydrogen-bond acceptors (Lipinski definition) is 3. The van der Waals surface area contributed by atoms with E-state index in [-0.39, 0.29) is 19.1 Å². The Hall–Kier alpha value is -3.10. The molecular formula is C23H19F3N2O3. The third kappa shape index (κ3) is 3.51. The zero-order chi connectivity index (χ0) is 21.8. The van der Waals surface area contributed by atoms with Gasteiger partial charge in [-0.05, 0) is 53.1 Å². The topological polar surface area (TPSA) is 54.7 Å². The fourth-order valence-corrected chi connectivity index (χ4v) is 3.97. The lowest BCUT2D eigenvalue weighted by atomic mass is 9.91. The fraction of sp³-hybridized carbons (Fsp3) is 0.261. The number of benzene rings is 2. The monoisotopic (exact) mass is 428 g/mol. The molecule has 8 heteroatoms. The van der Waals surface area contributed by atoms with Crippen LogP contribution in [0.2, 0.25) is 0 Å². The van der Waals surface area contributed by atoms with Crippen LogP contribution in [-0.4, -0.2) is 33.7 Å². The van der Waals surface area contributed by atoms with Gasteiger partial charge < -0.3 is 19.3 Å². The van der Waals surface area contributed by atoms with E-state index < -0.39 is 17.3 Å². The third-order valence-electron chi connectivity index (χ3n) is 5.86. The molecular weight excluding hydrogens is 409 g/mol. The highest BCUT2D eigenvalue weighted by Gasteiger charge is 2.38. The van der Waals surface area contributed by atoms with Crippen LogP contribution in [0.1, 0.15) is 32.6 Å². The van der Waals surface area contributed by atoms with Gasteiger partial charge in [0.05, 0.1) is 18.8 Å². The number of fused-ring (bicyclic) bond motifs is 1. The van der Waals surface area contributed by atoms with E-state index in [2.05, 4.69) is 0 Å². The van der Waals surface area contributed by atoms with Crippen LogP contribution in [0.3, 0.4) is 0 Å². The van der Waals surface area contributed by atoms with Gasteiger partial charge in [-0.15, -0.1) is 0 Å². The van der Waals surface area contributed by atoms with Gasteiger partial charge in [-0.3, -0.25) is 4.79 Å². The number of rotatable bonds is 3. The molecule has 5 rings (SSSR count). The molecule has 0 spiro atoms. The summed E-state index contributed by atoms with van der Waals surface area (Å²) in [6, 6.07) is 11.9. The number of halogens is 3. The van der Waals surface area contributed by atoms with Crippen LogP contribution in [-0.2, 0) is 29.6 Å². The molecule has 1 amide bonds. The van der Waals surface area contributed by atoms with Crippen molar-refractivity contribution < 1.29 is 27.8 Å². The first-order chi connectivity index (χ1) is 14.7. The lowest BCUT2D eigenvalue weighted by Crippen LogP contribution is -2.46. The predicted octanol–water partition coefficient (Wildman–Crippen LogP) is 3.87. The summed E-state index contributed by atoms with van der Waals surface area (Å²) >= 11 is 0. The van der Waals surface area contributed by atoms with Crippen molar-refractivity contribution in [2.24, 2.45) is 0 Å². The summed E-state index contributed by atoms with van der Waals surface area (Å²) in [6.45, 7) is 1.37. The Kier molecular flexibility index (Phi) is 4.46. The van der Waals surface area contributed by atoms with Gasteiger partial charge in [0.2, 0.25) is 0 Å². The molecule has 1 fully saturated rings. The Balaban J connectivity index is 1.28. The molecule has 0 atom stereocenters. The maximum Gasteiger partial charge on any atom is 0.416 e. The fourth-order valence-electron chi connectivity index (χ4n) is 3.97. The zero-order valence-corrected chi connectivity index (χ0v) is 16.4. The van der Waals surface area contributed by atoms with Crippen LogP contribution in [0.25, 0.3) is 5.69 Å². The molecule has 0 bridgehead atoms. The molecule has 31 heavy (non-hydrogen) atoms. The molecule has 0 radical (unpaired) electrons.